The highest BCUT2D eigenvalue weighted by molar-refractivity contribution is 6.02. The number of ether oxygens (including phenoxy) is 1. The van der Waals surface area contributed by atoms with Crippen LogP contribution in [0.5, 0.6) is 0 Å². The molecule has 0 unspecified atom stereocenters. The first-order chi connectivity index (χ1) is 12.3. The van der Waals surface area contributed by atoms with Gasteiger partial charge in [-0.3, -0.25) is 0 Å². The summed E-state index contributed by atoms with van der Waals surface area (Å²) < 4.78 is 10.9. The van der Waals surface area contributed by atoms with Gasteiger partial charge in [0.05, 0.1) is 12.7 Å². The maximum atomic E-state index is 12.1. The first-order valence-corrected chi connectivity index (χ1v) is 7.90. The standard InChI is InChI=1S/C21H15NO3/c1-24-21(23)17-11-6-5-10-15(17)16-12-7-13-18-19(16)25-20(22-18)14-8-3-2-4-9-14/h2-13H,1H3. The van der Waals surface area contributed by atoms with E-state index in [-0.39, 0.29) is 5.97 Å². The fourth-order valence-electron chi connectivity index (χ4n) is 2.87. The first kappa shape index (κ1) is 15.1. The van der Waals surface area contributed by atoms with Crippen molar-refractivity contribution in [1.82, 2.24) is 4.98 Å². The van der Waals surface area contributed by atoms with Gasteiger partial charge in [0.25, 0.3) is 0 Å². The van der Waals surface area contributed by atoms with Gasteiger partial charge in [0, 0.05) is 11.1 Å². The minimum absolute atomic E-state index is 0.379. The van der Waals surface area contributed by atoms with E-state index in [1.807, 2.05) is 66.7 Å². The van der Waals surface area contributed by atoms with Crippen LogP contribution in [0.1, 0.15) is 10.4 Å². The number of nitrogens with zero attached hydrogens (tertiary/aromatic N) is 1. The minimum Gasteiger partial charge on any atom is -0.465 e. The summed E-state index contributed by atoms with van der Waals surface area (Å²) in [7, 11) is 1.38. The van der Waals surface area contributed by atoms with Gasteiger partial charge in [0.2, 0.25) is 5.89 Å². The molecule has 1 heterocycles. The molecular formula is C21H15NO3. The van der Waals surface area contributed by atoms with Crippen LogP contribution in [0.4, 0.5) is 0 Å². The molecular weight excluding hydrogens is 314 g/mol. The average Bonchev–Trinajstić information content (AvgIpc) is 3.12. The van der Waals surface area contributed by atoms with Crippen LogP contribution in [0, 0.1) is 0 Å². The van der Waals surface area contributed by atoms with Gasteiger partial charge >= 0.3 is 5.97 Å². The van der Waals surface area contributed by atoms with E-state index >= 15 is 0 Å². The highest BCUT2D eigenvalue weighted by Crippen LogP contribution is 2.34. The molecule has 25 heavy (non-hydrogen) atoms. The largest absolute Gasteiger partial charge is 0.465 e. The Labute approximate surface area is 144 Å². The molecule has 3 aromatic carbocycles. The minimum atomic E-state index is -0.379. The molecule has 122 valence electrons. The lowest BCUT2D eigenvalue weighted by molar-refractivity contribution is 0.0601. The zero-order chi connectivity index (χ0) is 17.2. The molecule has 0 amide bonds. The van der Waals surface area contributed by atoms with Crippen LogP contribution in [0.15, 0.2) is 77.2 Å². The summed E-state index contributed by atoms with van der Waals surface area (Å²) in [6, 6.07) is 22.8. The van der Waals surface area contributed by atoms with Crippen molar-refractivity contribution in [1.29, 1.82) is 0 Å². The molecule has 0 bridgehead atoms. The number of carbonyl (C=O) groups excluding carboxylic acids is 1. The van der Waals surface area contributed by atoms with Crippen LogP contribution in [-0.2, 0) is 4.74 Å². The summed E-state index contributed by atoms with van der Waals surface area (Å²) in [5.74, 6) is 0.175. The quantitative estimate of drug-likeness (QED) is 0.499. The van der Waals surface area contributed by atoms with E-state index in [9.17, 15) is 4.79 Å². The number of esters is 1. The van der Waals surface area contributed by atoms with E-state index in [1.54, 1.807) is 6.07 Å². The number of oxazole rings is 1. The average molecular weight is 329 g/mol. The zero-order valence-corrected chi connectivity index (χ0v) is 13.6. The molecule has 4 nitrogen and oxygen atoms in total. The molecule has 0 saturated heterocycles. The monoisotopic (exact) mass is 329 g/mol. The number of para-hydroxylation sites is 1. The Morgan fingerprint density at radius 1 is 0.880 bits per heavy atom. The van der Waals surface area contributed by atoms with Crippen molar-refractivity contribution in [2.75, 3.05) is 7.11 Å². The number of fused-ring (bicyclic) bond motifs is 1. The van der Waals surface area contributed by atoms with E-state index in [1.165, 1.54) is 7.11 Å². The zero-order valence-electron chi connectivity index (χ0n) is 13.6. The highest BCUT2D eigenvalue weighted by Gasteiger charge is 2.17. The third kappa shape index (κ3) is 2.68. The van der Waals surface area contributed by atoms with Crippen molar-refractivity contribution in [3.63, 3.8) is 0 Å². The number of aromatic nitrogens is 1. The Bertz CT molecular complexity index is 1050. The third-order valence-corrected chi connectivity index (χ3v) is 4.06. The number of hydrogen-bond donors (Lipinski definition) is 0. The number of hydrogen-bond acceptors (Lipinski definition) is 4. The van der Waals surface area contributed by atoms with Gasteiger partial charge < -0.3 is 9.15 Å². The Morgan fingerprint density at radius 2 is 1.60 bits per heavy atom. The Hall–Kier alpha value is -3.40. The van der Waals surface area contributed by atoms with Crippen molar-refractivity contribution >= 4 is 17.1 Å². The van der Waals surface area contributed by atoms with Crippen molar-refractivity contribution < 1.29 is 13.9 Å². The van der Waals surface area contributed by atoms with Crippen LogP contribution in [0.2, 0.25) is 0 Å². The van der Waals surface area contributed by atoms with Crippen LogP contribution < -0.4 is 0 Å². The summed E-state index contributed by atoms with van der Waals surface area (Å²) in [5, 5.41) is 0. The molecule has 0 aliphatic rings. The summed E-state index contributed by atoms with van der Waals surface area (Å²) in [6.07, 6.45) is 0. The number of benzene rings is 3. The molecule has 0 atom stereocenters. The summed E-state index contributed by atoms with van der Waals surface area (Å²) in [6.45, 7) is 0. The topological polar surface area (TPSA) is 52.3 Å². The van der Waals surface area contributed by atoms with Gasteiger partial charge in [-0.05, 0) is 29.8 Å². The molecule has 4 heteroatoms. The van der Waals surface area contributed by atoms with E-state index in [4.69, 9.17) is 9.15 Å². The van der Waals surface area contributed by atoms with Gasteiger partial charge in [-0.2, -0.15) is 0 Å². The second-order valence-electron chi connectivity index (χ2n) is 5.58. The van der Waals surface area contributed by atoms with Crippen molar-refractivity contribution in [2.24, 2.45) is 0 Å². The molecule has 1 aromatic heterocycles. The van der Waals surface area contributed by atoms with Crippen LogP contribution in [0.25, 0.3) is 33.7 Å². The lowest BCUT2D eigenvalue weighted by atomic mass is 9.99. The first-order valence-electron chi connectivity index (χ1n) is 7.90. The normalized spacial score (nSPS) is 10.8. The third-order valence-electron chi connectivity index (χ3n) is 4.06. The second kappa shape index (κ2) is 6.24. The Morgan fingerprint density at radius 3 is 2.40 bits per heavy atom. The van der Waals surface area contributed by atoms with Crippen molar-refractivity contribution in [3.05, 3.63) is 78.4 Å². The van der Waals surface area contributed by atoms with E-state index < -0.39 is 0 Å². The Balaban J connectivity index is 1.93. The van der Waals surface area contributed by atoms with Crippen LogP contribution >= 0.6 is 0 Å². The lowest BCUT2D eigenvalue weighted by Gasteiger charge is -2.08. The predicted octanol–water partition coefficient (Wildman–Crippen LogP) is 4.95. The van der Waals surface area contributed by atoms with Gasteiger partial charge in [-0.25, -0.2) is 9.78 Å². The summed E-state index contributed by atoms with van der Waals surface area (Å²) >= 11 is 0. The summed E-state index contributed by atoms with van der Waals surface area (Å²) in [4.78, 5) is 16.7. The molecule has 4 aromatic rings. The lowest BCUT2D eigenvalue weighted by Crippen LogP contribution is -2.03. The molecule has 0 spiro atoms. The number of methoxy groups -OCH3 is 1. The number of rotatable bonds is 3. The van der Waals surface area contributed by atoms with E-state index in [0.29, 0.717) is 17.0 Å². The molecule has 0 aliphatic carbocycles. The van der Waals surface area contributed by atoms with Crippen LogP contribution in [-0.4, -0.2) is 18.1 Å². The molecule has 0 fully saturated rings. The fourth-order valence-corrected chi connectivity index (χ4v) is 2.87. The molecule has 0 aliphatic heterocycles. The van der Waals surface area contributed by atoms with Gasteiger partial charge in [0.15, 0.2) is 5.58 Å². The smallest absolute Gasteiger partial charge is 0.338 e. The summed E-state index contributed by atoms with van der Waals surface area (Å²) in [5.41, 5.74) is 4.37. The molecule has 4 rings (SSSR count). The van der Waals surface area contributed by atoms with Crippen molar-refractivity contribution in [2.45, 2.75) is 0 Å². The van der Waals surface area contributed by atoms with E-state index in [2.05, 4.69) is 4.98 Å². The van der Waals surface area contributed by atoms with E-state index in [0.717, 1.165) is 22.2 Å². The Kier molecular flexibility index (Phi) is 3.78. The SMILES string of the molecule is COC(=O)c1ccccc1-c1cccc2nc(-c3ccccc3)oc12. The highest BCUT2D eigenvalue weighted by atomic mass is 16.5. The van der Waals surface area contributed by atoms with Gasteiger partial charge in [-0.1, -0.05) is 48.5 Å². The van der Waals surface area contributed by atoms with Crippen LogP contribution in [0.3, 0.4) is 0 Å². The maximum absolute atomic E-state index is 12.1. The molecule has 0 saturated carbocycles. The second-order valence-corrected chi connectivity index (χ2v) is 5.58. The predicted molar refractivity (Wildman–Crippen MR) is 96.2 cm³/mol. The van der Waals surface area contributed by atoms with Crippen molar-refractivity contribution in [3.8, 4) is 22.6 Å². The molecule has 0 radical (unpaired) electrons. The van der Waals surface area contributed by atoms with Gasteiger partial charge in [0.1, 0.15) is 5.52 Å². The fraction of sp³-hybridized carbons (Fsp3) is 0.0476. The van der Waals surface area contributed by atoms with Gasteiger partial charge in [-0.15, -0.1) is 0 Å². The molecule has 0 N–H and O–H groups in total. The maximum Gasteiger partial charge on any atom is 0.338 e. The number of carbonyl (C=O) groups is 1.